The highest BCUT2D eigenvalue weighted by molar-refractivity contribution is 5.94. The predicted molar refractivity (Wildman–Crippen MR) is 54.1 cm³/mol. The van der Waals surface area contributed by atoms with E-state index in [1.54, 1.807) is 17.9 Å². The zero-order valence-corrected chi connectivity index (χ0v) is 8.66. The molecule has 1 saturated heterocycles. The number of carbonyl (C=O) groups excluding carboxylic acids is 2. The Balaban J connectivity index is 1.99. The maximum atomic E-state index is 11.5. The van der Waals surface area contributed by atoms with Crippen molar-refractivity contribution in [1.29, 1.82) is 0 Å². The molecule has 0 bridgehead atoms. The number of nitrogens with zero attached hydrogens (tertiary/aromatic N) is 1. The van der Waals surface area contributed by atoms with Gasteiger partial charge in [0.15, 0.2) is 5.78 Å². The SMILES string of the molecule is C=C(C)OC(=O)N1CC2=CC(=O)CC2C1. The molecule has 0 aromatic heterocycles. The minimum absolute atomic E-state index is 0.169. The van der Waals surface area contributed by atoms with Crippen molar-refractivity contribution in [2.45, 2.75) is 13.3 Å². The predicted octanol–water partition coefficient (Wildman–Crippen LogP) is 1.49. The van der Waals surface area contributed by atoms with E-state index in [0.717, 1.165) is 5.57 Å². The van der Waals surface area contributed by atoms with E-state index in [0.29, 0.717) is 25.3 Å². The van der Waals surface area contributed by atoms with Crippen LogP contribution in [0.1, 0.15) is 13.3 Å². The summed E-state index contributed by atoms with van der Waals surface area (Å²) in [6, 6.07) is 0. The van der Waals surface area contributed by atoms with Gasteiger partial charge in [-0.25, -0.2) is 4.79 Å². The molecule has 80 valence electrons. The molecule has 1 heterocycles. The molecule has 15 heavy (non-hydrogen) atoms. The van der Waals surface area contributed by atoms with Crippen molar-refractivity contribution >= 4 is 11.9 Å². The smallest absolute Gasteiger partial charge is 0.415 e. The van der Waals surface area contributed by atoms with Gasteiger partial charge in [0, 0.05) is 25.4 Å². The second-order valence-corrected chi connectivity index (χ2v) is 4.04. The third kappa shape index (κ3) is 1.93. The van der Waals surface area contributed by atoms with E-state index < -0.39 is 0 Å². The van der Waals surface area contributed by atoms with Crippen molar-refractivity contribution in [3.63, 3.8) is 0 Å². The molecule has 1 atom stereocenters. The molecule has 1 aliphatic heterocycles. The van der Waals surface area contributed by atoms with Gasteiger partial charge in [0.05, 0.1) is 5.76 Å². The van der Waals surface area contributed by atoms with E-state index in [1.165, 1.54) is 0 Å². The second kappa shape index (κ2) is 3.53. The molecule has 4 nitrogen and oxygen atoms in total. The van der Waals surface area contributed by atoms with Crippen LogP contribution < -0.4 is 0 Å². The van der Waals surface area contributed by atoms with Gasteiger partial charge in [-0.2, -0.15) is 0 Å². The van der Waals surface area contributed by atoms with Crippen molar-refractivity contribution in [3.05, 3.63) is 24.0 Å². The Bertz CT molecular complexity index is 370. The lowest BCUT2D eigenvalue weighted by Crippen LogP contribution is -2.29. The summed E-state index contributed by atoms with van der Waals surface area (Å²) in [4.78, 5) is 24.2. The minimum Gasteiger partial charge on any atom is -0.416 e. The number of carbonyl (C=O) groups is 2. The monoisotopic (exact) mass is 207 g/mol. The fourth-order valence-electron chi connectivity index (χ4n) is 2.02. The lowest BCUT2D eigenvalue weighted by molar-refractivity contribution is -0.114. The molecule has 0 aromatic carbocycles. The summed E-state index contributed by atoms with van der Waals surface area (Å²) in [5.41, 5.74) is 1.05. The Morgan fingerprint density at radius 2 is 2.40 bits per heavy atom. The highest BCUT2D eigenvalue weighted by Gasteiger charge is 2.36. The topological polar surface area (TPSA) is 46.6 Å². The molecule has 1 fully saturated rings. The number of likely N-dealkylation sites (tertiary alicyclic amines) is 1. The Hall–Kier alpha value is -1.58. The van der Waals surface area contributed by atoms with Crippen LogP contribution in [0.3, 0.4) is 0 Å². The Kier molecular flexibility index (Phi) is 2.34. The number of hydrogen-bond donors (Lipinski definition) is 0. The van der Waals surface area contributed by atoms with Crippen molar-refractivity contribution in [2.75, 3.05) is 13.1 Å². The summed E-state index contributed by atoms with van der Waals surface area (Å²) in [5.74, 6) is 0.778. The van der Waals surface area contributed by atoms with Crippen LogP contribution in [0, 0.1) is 5.92 Å². The number of allylic oxidation sites excluding steroid dienone is 2. The summed E-state index contributed by atoms with van der Waals surface area (Å²) < 4.78 is 4.91. The quantitative estimate of drug-likeness (QED) is 0.612. The standard InChI is InChI=1S/C11H13NO3/c1-7(2)15-11(14)12-5-8-3-10(13)4-9(8)6-12/h3,9H,1,4-6H2,2H3. The van der Waals surface area contributed by atoms with Crippen LogP contribution in [0.2, 0.25) is 0 Å². The number of rotatable bonds is 1. The van der Waals surface area contributed by atoms with E-state index in [1.807, 2.05) is 0 Å². The molecule has 2 aliphatic rings. The molecule has 4 heteroatoms. The summed E-state index contributed by atoms with van der Waals surface area (Å²) in [6.07, 6.45) is 1.82. The molecular formula is C11H13NO3. The van der Waals surface area contributed by atoms with Gasteiger partial charge in [0.2, 0.25) is 0 Å². The third-order valence-corrected chi connectivity index (χ3v) is 2.65. The summed E-state index contributed by atoms with van der Waals surface area (Å²) in [5, 5.41) is 0. The van der Waals surface area contributed by atoms with Gasteiger partial charge in [0.1, 0.15) is 0 Å². The van der Waals surface area contributed by atoms with Crippen molar-refractivity contribution in [1.82, 2.24) is 4.90 Å². The van der Waals surface area contributed by atoms with Crippen LogP contribution in [0.4, 0.5) is 4.79 Å². The number of amides is 1. The highest BCUT2D eigenvalue weighted by Crippen LogP contribution is 2.31. The van der Waals surface area contributed by atoms with Crippen LogP contribution in [-0.2, 0) is 9.53 Å². The molecule has 1 amide bonds. The molecule has 1 aliphatic carbocycles. The van der Waals surface area contributed by atoms with Gasteiger partial charge in [-0.15, -0.1) is 0 Å². The van der Waals surface area contributed by atoms with Crippen LogP contribution in [0.15, 0.2) is 24.0 Å². The summed E-state index contributed by atoms with van der Waals surface area (Å²) >= 11 is 0. The van der Waals surface area contributed by atoms with Gasteiger partial charge in [0.25, 0.3) is 0 Å². The van der Waals surface area contributed by atoms with Gasteiger partial charge in [-0.05, 0) is 18.6 Å². The van der Waals surface area contributed by atoms with Crippen molar-refractivity contribution in [3.8, 4) is 0 Å². The van der Waals surface area contributed by atoms with Crippen LogP contribution in [-0.4, -0.2) is 29.9 Å². The van der Waals surface area contributed by atoms with Gasteiger partial charge >= 0.3 is 6.09 Å². The zero-order valence-electron chi connectivity index (χ0n) is 8.66. The first kappa shape index (κ1) is 9.96. The fourth-order valence-corrected chi connectivity index (χ4v) is 2.02. The van der Waals surface area contributed by atoms with Crippen molar-refractivity contribution < 1.29 is 14.3 Å². The minimum atomic E-state index is -0.370. The molecule has 0 saturated carbocycles. The lowest BCUT2D eigenvalue weighted by atomic mass is 10.1. The van der Waals surface area contributed by atoms with Crippen LogP contribution in [0.5, 0.6) is 0 Å². The average Bonchev–Trinajstić information content (AvgIpc) is 2.58. The molecule has 0 radical (unpaired) electrons. The normalized spacial score (nSPS) is 23.8. The van der Waals surface area contributed by atoms with E-state index in [-0.39, 0.29) is 17.8 Å². The number of ether oxygens (including phenoxy) is 1. The number of hydrogen-bond acceptors (Lipinski definition) is 3. The van der Waals surface area contributed by atoms with E-state index >= 15 is 0 Å². The van der Waals surface area contributed by atoms with Crippen LogP contribution in [0.25, 0.3) is 0 Å². The first-order valence-electron chi connectivity index (χ1n) is 4.92. The molecule has 0 spiro atoms. The first-order chi connectivity index (χ1) is 7.06. The number of ketones is 1. The molecular weight excluding hydrogens is 194 g/mol. The molecule has 0 aromatic rings. The van der Waals surface area contributed by atoms with Crippen molar-refractivity contribution in [2.24, 2.45) is 5.92 Å². The molecule has 1 unspecified atom stereocenters. The van der Waals surface area contributed by atoms with Gasteiger partial charge < -0.3 is 9.64 Å². The van der Waals surface area contributed by atoms with Gasteiger partial charge in [-0.3, -0.25) is 4.79 Å². The highest BCUT2D eigenvalue weighted by atomic mass is 16.6. The Labute approximate surface area is 88.2 Å². The summed E-state index contributed by atoms with van der Waals surface area (Å²) in [6.45, 7) is 6.25. The average molecular weight is 207 g/mol. The largest absolute Gasteiger partial charge is 0.416 e. The van der Waals surface area contributed by atoms with E-state index in [2.05, 4.69) is 6.58 Å². The van der Waals surface area contributed by atoms with Gasteiger partial charge in [-0.1, -0.05) is 6.58 Å². The Morgan fingerprint density at radius 3 is 3.00 bits per heavy atom. The lowest BCUT2D eigenvalue weighted by Gasteiger charge is -2.15. The number of fused-ring (bicyclic) bond motifs is 1. The van der Waals surface area contributed by atoms with E-state index in [9.17, 15) is 9.59 Å². The maximum Gasteiger partial charge on any atom is 0.415 e. The van der Waals surface area contributed by atoms with E-state index in [4.69, 9.17) is 4.74 Å². The molecule has 0 N–H and O–H groups in total. The fraction of sp³-hybridized carbons (Fsp3) is 0.455. The first-order valence-corrected chi connectivity index (χ1v) is 4.92. The maximum absolute atomic E-state index is 11.5. The zero-order chi connectivity index (χ0) is 11.0. The van der Waals surface area contributed by atoms with Crippen LogP contribution >= 0.6 is 0 Å². The third-order valence-electron chi connectivity index (χ3n) is 2.65. The summed E-state index contributed by atoms with van der Waals surface area (Å²) in [7, 11) is 0. The molecule has 2 rings (SSSR count). The Morgan fingerprint density at radius 1 is 1.67 bits per heavy atom. The second-order valence-electron chi connectivity index (χ2n) is 4.04.